The van der Waals surface area contributed by atoms with Crippen molar-refractivity contribution in [3.63, 3.8) is 0 Å². The highest BCUT2D eigenvalue weighted by molar-refractivity contribution is 7.12. The summed E-state index contributed by atoms with van der Waals surface area (Å²) in [6.45, 7) is 3.78. The van der Waals surface area contributed by atoms with Crippen LogP contribution in [0, 0.1) is 0 Å². The molecule has 5 heteroatoms. The zero-order chi connectivity index (χ0) is 15.2. The van der Waals surface area contributed by atoms with E-state index in [2.05, 4.69) is 10.6 Å². The summed E-state index contributed by atoms with van der Waals surface area (Å²) in [7, 11) is 0. The summed E-state index contributed by atoms with van der Waals surface area (Å²) in [4.78, 5) is 25.1. The van der Waals surface area contributed by atoms with Gasteiger partial charge < -0.3 is 10.6 Å². The van der Waals surface area contributed by atoms with E-state index >= 15 is 0 Å². The summed E-state index contributed by atoms with van der Waals surface area (Å²) in [6.07, 6.45) is 0. The van der Waals surface area contributed by atoms with E-state index in [9.17, 15) is 9.59 Å². The van der Waals surface area contributed by atoms with Gasteiger partial charge in [-0.3, -0.25) is 9.59 Å². The molecule has 0 fully saturated rings. The van der Waals surface area contributed by atoms with Gasteiger partial charge in [-0.25, -0.2) is 0 Å². The molecule has 0 radical (unpaired) electrons. The third-order valence-corrected chi connectivity index (χ3v) is 3.72. The summed E-state index contributed by atoms with van der Waals surface area (Å²) in [6, 6.07) is 12.1. The molecule has 1 unspecified atom stereocenters. The van der Waals surface area contributed by atoms with Crippen LogP contribution in [-0.4, -0.2) is 17.9 Å². The van der Waals surface area contributed by atoms with Crippen LogP contribution in [0.2, 0.25) is 0 Å². The van der Waals surface area contributed by atoms with E-state index in [1.165, 1.54) is 11.3 Å². The van der Waals surface area contributed by atoms with Gasteiger partial charge in [-0.1, -0.05) is 36.4 Å². The van der Waals surface area contributed by atoms with E-state index in [0.29, 0.717) is 4.88 Å². The van der Waals surface area contributed by atoms with E-state index in [-0.39, 0.29) is 17.9 Å². The molecular weight excluding hydrogens is 284 g/mol. The zero-order valence-corrected chi connectivity index (χ0v) is 12.8. The molecule has 2 N–H and O–H groups in total. The standard InChI is InChI=1S/C16H18N2O2S/c1-11(2)17-16(20)14(12-7-4-3-5-8-12)18-15(19)13-9-6-10-21-13/h3-11,14H,1-2H3,(H,17,20)(H,18,19). The highest BCUT2D eigenvalue weighted by atomic mass is 32.1. The van der Waals surface area contributed by atoms with Crippen molar-refractivity contribution in [2.45, 2.75) is 25.9 Å². The van der Waals surface area contributed by atoms with Gasteiger partial charge in [-0.2, -0.15) is 0 Å². The molecule has 2 amide bonds. The van der Waals surface area contributed by atoms with E-state index < -0.39 is 6.04 Å². The van der Waals surface area contributed by atoms with E-state index in [4.69, 9.17) is 0 Å². The molecule has 1 aromatic heterocycles. The predicted molar refractivity (Wildman–Crippen MR) is 84.2 cm³/mol. The van der Waals surface area contributed by atoms with Crippen LogP contribution in [0.1, 0.15) is 35.1 Å². The Hall–Kier alpha value is -2.14. The van der Waals surface area contributed by atoms with Gasteiger partial charge in [0.1, 0.15) is 6.04 Å². The van der Waals surface area contributed by atoms with Crippen molar-refractivity contribution < 1.29 is 9.59 Å². The summed E-state index contributed by atoms with van der Waals surface area (Å²) < 4.78 is 0. The molecule has 0 bridgehead atoms. The van der Waals surface area contributed by atoms with Gasteiger partial charge in [-0.05, 0) is 30.9 Å². The van der Waals surface area contributed by atoms with Crippen LogP contribution in [-0.2, 0) is 4.79 Å². The first-order chi connectivity index (χ1) is 10.1. The number of amides is 2. The fourth-order valence-electron chi connectivity index (χ4n) is 1.92. The highest BCUT2D eigenvalue weighted by Crippen LogP contribution is 2.16. The van der Waals surface area contributed by atoms with Crippen LogP contribution in [0.5, 0.6) is 0 Å². The fourth-order valence-corrected chi connectivity index (χ4v) is 2.55. The third-order valence-electron chi connectivity index (χ3n) is 2.85. The van der Waals surface area contributed by atoms with E-state index in [1.807, 2.05) is 55.6 Å². The Morgan fingerprint density at radius 1 is 1.00 bits per heavy atom. The topological polar surface area (TPSA) is 58.2 Å². The lowest BCUT2D eigenvalue weighted by molar-refractivity contribution is -0.123. The molecule has 0 aliphatic carbocycles. The van der Waals surface area contributed by atoms with Crippen molar-refractivity contribution in [2.75, 3.05) is 0 Å². The minimum absolute atomic E-state index is 0.0161. The zero-order valence-electron chi connectivity index (χ0n) is 12.0. The lowest BCUT2D eigenvalue weighted by atomic mass is 10.1. The van der Waals surface area contributed by atoms with Crippen LogP contribution in [0.3, 0.4) is 0 Å². The smallest absolute Gasteiger partial charge is 0.262 e. The van der Waals surface area contributed by atoms with Gasteiger partial charge >= 0.3 is 0 Å². The maximum Gasteiger partial charge on any atom is 0.262 e. The molecule has 1 aromatic carbocycles. The van der Waals surface area contributed by atoms with Crippen LogP contribution in [0.15, 0.2) is 47.8 Å². The van der Waals surface area contributed by atoms with Crippen LogP contribution in [0.25, 0.3) is 0 Å². The highest BCUT2D eigenvalue weighted by Gasteiger charge is 2.23. The fraction of sp³-hybridized carbons (Fsp3) is 0.250. The van der Waals surface area contributed by atoms with Crippen molar-refractivity contribution in [3.05, 3.63) is 58.3 Å². The summed E-state index contributed by atoms with van der Waals surface area (Å²) in [5, 5.41) is 7.48. The normalized spacial score (nSPS) is 12.0. The minimum atomic E-state index is -0.691. The van der Waals surface area contributed by atoms with Crippen molar-refractivity contribution in [3.8, 4) is 0 Å². The second-order valence-corrected chi connectivity index (χ2v) is 5.91. The van der Waals surface area contributed by atoms with Crippen LogP contribution in [0.4, 0.5) is 0 Å². The Kier molecular flexibility index (Phi) is 5.11. The van der Waals surface area contributed by atoms with Crippen molar-refractivity contribution in [2.24, 2.45) is 0 Å². The minimum Gasteiger partial charge on any atom is -0.352 e. The third kappa shape index (κ3) is 4.16. The Labute approximate surface area is 128 Å². The number of carbonyl (C=O) groups excluding carboxylic acids is 2. The second-order valence-electron chi connectivity index (χ2n) is 4.96. The summed E-state index contributed by atoms with van der Waals surface area (Å²) in [5.41, 5.74) is 0.764. The largest absolute Gasteiger partial charge is 0.352 e. The van der Waals surface area contributed by atoms with Gasteiger partial charge in [0, 0.05) is 6.04 Å². The molecule has 0 saturated heterocycles. The van der Waals surface area contributed by atoms with Crippen LogP contribution >= 0.6 is 11.3 Å². The second kappa shape index (κ2) is 7.04. The average Bonchev–Trinajstić information content (AvgIpc) is 2.99. The lowest BCUT2D eigenvalue weighted by Gasteiger charge is -2.20. The molecule has 0 saturated carbocycles. The number of nitrogens with one attached hydrogen (secondary N) is 2. The van der Waals surface area contributed by atoms with Gasteiger partial charge in [0.2, 0.25) is 5.91 Å². The first kappa shape index (κ1) is 15.3. The molecule has 1 heterocycles. The summed E-state index contributed by atoms with van der Waals surface area (Å²) >= 11 is 1.35. The molecule has 0 aliphatic rings. The number of benzene rings is 1. The van der Waals surface area contributed by atoms with E-state index in [1.54, 1.807) is 6.07 Å². The molecule has 4 nitrogen and oxygen atoms in total. The SMILES string of the molecule is CC(C)NC(=O)C(NC(=O)c1cccs1)c1ccccc1. The molecular formula is C16H18N2O2S. The number of rotatable bonds is 5. The molecule has 0 spiro atoms. The predicted octanol–water partition coefficient (Wildman–Crippen LogP) is 2.74. The molecule has 2 aromatic rings. The number of carbonyl (C=O) groups is 2. The molecule has 2 rings (SSSR count). The average molecular weight is 302 g/mol. The Morgan fingerprint density at radius 2 is 1.71 bits per heavy atom. The van der Waals surface area contributed by atoms with E-state index in [0.717, 1.165) is 5.56 Å². The Bertz CT molecular complexity index is 594. The monoisotopic (exact) mass is 302 g/mol. The first-order valence-corrected chi connectivity index (χ1v) is 7.65. The van der Waals surface area contributed by atoms with Crippen molar-refractivity contribution in [1.82, 2.24) is 10.6 Å². The van der Waals surface area contributed by atoms with Crippen molar-refractivity contribution in [1.29, 1.82) is 0 Å². The van der Waals surface area contributed by atoms with Gasteiger partial charge in [0.15, 0.2) is 0 Å². The van der Waals surface area contributed by atoms with Crippen LogP contribution < -0.4 is 10.6 Å². The quantitative estimate of drug-likeness (QED) is 0.892. The van der Waals surface area contributed by atoms with Gasteiger partial charge in [-0.15, -0.1) is 11.3 Å². The number of thiophene rings is 1. The Balaban J connectivity index is 2.20. The van der Waals surface area contributed by atoms with Gasteiger partial charge in [0.05, 0.1) is 4.88 Å². The number of hydrogen-bond donors (Lipinski definition) is 2. The molecule has 110 valence electrons. The lowest BCUT2D eigenvalue weighted by Crippen LogP contribution is -2.42. The maximum atomic E-state index is 12.3. The molecule has 21 heavy (non-hydrogen) atoms. The summed E-state index contributed by atoms with van der Waals surface area (Å²) in [5.74, 6) is -0.445. The maximum absolute atomic E-state index is 12.3. The Morgan fingerprint density at radius 3 is 2.29 bits per heavy atom. The number of hydrogen-bond acceptors (Lipinski definition) is 3. The molecule has 0 aliphatic heterocycles. The van der Waals surface area contributed by atoms with Crippen molar-refractivity contribution >= 4 is 23.2 Å². The molecule has 1 atom stereocenters. The van der Waals surface area contributed by atoms with Gasteiger partial charge in [0.25, 0.3) is 5.91 Å². The first-order valence-electron chi connectivity index (χ1n) is 6.77.